The highest BCUT2D eigenvalue weighted by Crippen LogP contribution is 2.31. The molecule has 1 aromatic rings. The summed E-state index contributed by atoms with van der Waals surface area (Å²) in [6.07, 6.45) is -3.73. The molecule has 1 aliphatic heterocycles. The molecule has 0 amide bonds. The van der Waals surface area contributed by atoms with Gasteiger partial charge in [0.1, 0.15) is 0 Å². The maximum atomic E-state index is 12.6. The third-order valence-corrected chi connectivity index (χ3v) is 4.07. The van der Waals surface area contributed by atoms with Gasteiger partial charge in [-0.2, -0.15) is 13.2 Å². The second-order valence-corrected chi connectivity index (χ2v) is 5.55. The van der Waals surface area contributed by atoms with Gasteiger partial charge < -0.3 is 5.32 Å². The van der Waals surface area contributed by atoms with Gasteiger partial charge in [0.15, 0.2) is 0 Å². The highest BCUT2D eigenvalue weighted by Gasteiger charge is 2.31. The van der Waals surface area contributed by atoms with Gasteiger partial charge in [0.05, 0.1) is 0 Å². The predicted molar refractivity (Wildman–Crippen MR) is 78.3 cm³/mol. The first kappa shape index (κ1) is 16.3. The highest BCUT2D eigenvalue weighted by molar-refractivity contribution is 5.25. The summed E-state index contributed by atoms with van der Waals surface area (Å²) in [7, 11) is 0. The Kier molecular flexibility index (Phi) is 5.65. The lowest BCUT2D eigenvalue weighted by Crippen LogP contribution is -2.45. The lowest BCUT2D eigenvalue weighted by Gasteiger charge is -2.35. The van der Waals surface area contributed by atoms with E-state index in [0.717, 1.165) is 38.2 Å². The fraction of sp³-hybridized carbons (Fsp3) is 0.625. The number of halogens is 3. The van der Waals surface area contributed by atoms with Crippen molar-refractivity contribution in [3.63, 3.8) is 0 Å². The highest BCUT2D eigenvalue weighted by atomic mass is 19.4. The molecule has 2 rings (SSSR count). The van der Waals surface area contributed by atoms with Crippen LogP contribution in [0.15, 0.2) is 24.3 Å². The van der Waals surface area contributed by atoms with Gasteiger partial charge in [0, 0.05) is 38.6 Å². The van der Waals surface area contributed by atoms with E-state index in [-0.39, 0.29) is 12.5 Å². The number of rotatable bonds is 5. The van der Waals surface area contributed by atoms with Crippen LogP contribution in [0, 0.1) is 0 Å². The standard InChI is InChI=1S/C16H23F3N2/c1-2-13-3-5-14(6-4-13)15(7-8-16(17,18)19)21-11-9-20-10-12-21/h3-6,15,20H,2,7-12H2,1H3/t15-/m0/s1. The Morgan fingerprint density at radius 1 is 1.14 bits per heavy atom. The summed E-state index contributed by atoms with van der Waals surface area (Å²) in [4.78, 5) is 2.17. The van der Waals surface area contributed by atoms with Gasteiger partial charge in [0.2, 0.25) is 0 Å². The molecule has 1 atom stereocenters. The molecule has 21 heavy (non-hydrogen) atoms. The molecule has 1 N–H and O–H groups in total. The van der Waals surface area contributed by atoms with Crippen molar-refractivity contribution in [3.8, 4) is 0 Å². The van der Waals surface area contributed by atoms with Crippen molar-refractivity contribution in [2.75, 3.05) is 26.2 Å². The van der Waals surface area contributed by atoms with Crippen molar-refractivity contribution in [3.05, 3.63) is 35.4 Å². The Bertz CT molecular complexity index is 422. The van der Waals surface area contributed by atoms with Gasteiger partial charge in [-0.15, -0.1) is 0 Å². The number of hydrogen-bond acceptors (Lipinski definition) is 2. The molecule has 0 aromatic heterocycles. The molecular weight excluding hydrogens is 277 g/mol. The average Bonchev–Trinajstić information content (AvgIpc) is 2.48. The molecule has 1 heterocycles. The first-order valence-corrected chi connectivity index (χ1v) is 7.60. The Morgan fingerprint density at radius 2 is 1.76 bits per heavy atom. The van der Waals surface area contributed by atoms with E-state index in [1.54, 1.807) is 0 Å². The first-order valence-electron chi connectivity index (χ1n) is 7.60. The number of hydrogen-bond donors (Lipinski definition) is 1. The van der Waals surface area contributed by atoms with Crippen LogP contribution in [0.1, 0.15) is 36.9 Å². The summed E-state index contributed by atoms with van der Waals surface area (Å²) in [5, 5.41) is 3.25. The van der Waals surface area contributed by atoms with Crippen LogP contribution in [0.3, 0.4) is 0 Å². The summed E-state index contributed by atoms with van der Waals surface area (Å²) in [6.45, 7) is 5.37. The van der Waals surface area contributed by atoms with Crippen molar-refractivity contribution < 1.29 is 13.2 Å². The van der Waals surface area contributed by atoms with Crippen LogP contribution < -0.4 is 5.32 Å². The molecule has 5 heteroatoms. The molecule has 0 aliphatic carbocycles. The van der Waals surface area contributed by atoms with Crippen molar-refractivity contribution in [2.45, 2.75) is 38.4 Å². The molecule has 2 nitrogen and oxygen atoms in total. The summed E-state index contributed by atoms with van der Waals surface area (Å²) in [6, 6.07) is 7.89. The van der Waals surface area contributed by atoms with Crippen LogP contribution in [0.25, 0.3) is 0 Å². The van der Waals surface area contributed by atoms with E-state index in [1.165, 1.54) is 5.56 Å². The molecule has 1 aliphatic rings. The maximum Gasteiger partial charge on any atom is 0.389 e. The Labute approximate surface area is 124 Å². The van der Waals surface area contributed by atoms with Crippen LogP contribution in [0.5, 0.6) is 0 Å². The molecule has 0 unspecified atom stereocenters. The number of nitrogens with zero attached hydrogens (tertiary/aromatic N) is 1. The Morgan fingerprint density at radius 3 is 2.29 bits per heavy atom. The SMILES string of the molecule is CCc1ccc([C@H](CCC(F)(F)F)N2CCNCC2)cc1. The van der Waals surface area contributed by atoms with E-state index >= 15 is 0 Å². The van der Waals surface area contributed by atoms with Gasteiger partial charge >= 0.3 is 6.18 Å². The van der Waals surface area contributed by atoms with E-state index in [4.69, 9.17) is 0 Å². The lowest BCUT2D eigenvalue weighted by atomic mass is 9.97. The van der Waals surface area contributed by atoms with Gasteiger partial charge in [-0.3, -0.25) is 4.90 Å². The van der Waals surface area contributed by atoms with Crippen LogP contribution in [0.2, 0.25) is 0 Å². The summed E-state index contributed by atoms with van der Waals surface area (Å²) in [5.74, 6) is 0. The number of aryl methyl sites for hydroxylation is 1. The van der Waals surface area contributed by atoms with E-state index in [1.807, 2.05) is 24.3 Å². The first-order chi connectivity index (χ1) is 9.99. The molecule has 1 aromatic carbocycles. The van der Waals surface area contributed by atoms with Gasteiger partial charge in [-0.05, 0) is 24.0 Å². The number of alkyl halides is 3. The van der Waals surface area contributed by atoms with Crippen LogP contribution in [-0.4, -0.2) is 37.3 Å². The molecule has 0 saturated carbocycles. The fourth-order valence-electron chi connectivity index (χ4n) is 2.83. The summed E-state index contributed by atoms with van der Waals surface area (Å²) in [5.41, 5.74) is 2.21. The van der Waals surface area contributed by atoms with Crippen molar-refractivity contribution in [1.29, 1.82) is 0 Å². The van der Waals surface area contributed by atoms with Gasteiger partial charge in [-0.25, -0.2) is 0 Å². The second-order valence-electron chi connectivity index (χ2n) is 5.55. The van der Waals surface area contributed by atoms with Gasteiger partial charge in [0.25, 0.3) is 0 Å². The smallest absolute Gasteiger partial charge is 0.314 e. The number of nitrogens with one attached hydrogen (secondary N) is 1. The van der Waals surface area contributed by atoms with E-state index in [9.17, 15) is 13.2 Å². The van der Waals surface area contributed by atoms with E-state index in [0.29, 0.717) is 0 Å². The minimum Gasteiger partial charge on any atom is -0.314 e. The molecule has 0 radical (unpaired) electrons. The minimum atomic E-state index is -4.09. The Balaban J connectivity index is 2.12. The molecule has 0 bridgehead atoms. The topological polar surface area (TPSA) is 15.3 Å². The van der Waals surface area contributed by atoms with Crippen LogP contribution in [0.4, 0.5) is 13.2 Å². The molecule has 118 valence electrons. The van der Waals surface area contributed by atoms with Gasteiger partial charge in [-0.1, -0.05) is 31.2 Å². The lowest BCUT2D eigenvalue weighted by molar-refractivity contribution is -0.138. The number of piperazine rings is 1. The quantitative estimate of drug-likeness (QED) is 0.895. The summed E-state index contributed by atoms with van der Waals surface area (Å²) < 4.78 is 37.8. The normalized spacial score (nSPS) is 18.7. The third-order valence-electron chi connectivity index (χ3n) is 4.07. The summed E-state index contributed by atoms with van der Waals surface area (Å²) >= 11 is 0. The fourth-order valence-corrected chi connectivity index (χ4v) is 2.83. The zero-order valence-electron chi connectivity index (χ0n) is 12.4. The third kappa shape index (κ3) is 5.00. The minimum absolute atomic E-state index is 0.134. The predicted octanol–water partition coefficient (Wildman–Crippen LogP) is 3.54. The number of benzene rings is 1. The maximum absolute atomic E-state index is 12.6. The molecule has 1 fully saturated rings. The van der Waals surface area contributed by atoms with Crippen molar-refractivity contribution in [1.82, 2.24) is 10.2 Å². The molecule has 1 saturated heterocycles. The van der Waals surface area contributed by atoms with E-state index < -0.39 is 12.6 Å². The molecular formula is C16H23F3N2. The van der Waals surface area contributed by atoms with E-state index in [2.05, 4.69) is 17.1 Å². The van der Waals surface area contributed by atoms with Crippen LogP contribution in [-0.2, 0) is 6.42 Å². The average molecular weight is 300 g/mol. The largest absolute Gasteiger partial charge is 0.389 e. The zero-order valence-corrected chi connectivity index (χ0v) is 12.4. The van der Waals surface area contributed by atoms with Crippen molar-refractivity contribution >= 4 is 0 Å². The zero-order chi connectivity index (χ0) is 15.3. The van der Waals surface area contributed by atoms with Crippen molar-refractivity contribution in [2.24, 2.45) is 0 Å². The Hall–Kier alpha value is -1.07. The second kappa shape index (κ2) is 7.27. The molecule has 0 spiro atoms. The monoisotopic (exact) mass is 300 g/mol. The van der Waals surface area contributed by atoms with Crippen LogP contribution >= 0.6 is 0 Å².